The fourth-order valence-corrected chi connectivity index (χ4v) is 4.08. The second-order valence-electron chi connectivity index (χ2n) is 8.32. The molecule has 0 spiro atoms. The first-order valence-electron chi connectivity index (χ1n) is 11.0. The summed E-state index contributed by atoms with van der Waals surface area (Å²) in [5, 5.41) is 10.6. The number of hydrogen-bond acceptors (Lipinski definition) is 6. The van der Waals surface area contributed by atoms with Crippen LogP contribution in [0.5, 0.6) is 0 Å². The van der Waals surface area contributed by atoms with Gasteiger partial charge < -0.3 is 15.0 Å². The number of anilines is 2. The molecule has 3 aromatic heterocycles. The molecule has 1 saturated heterocycles. The van der Waals surface area contributed by atoms with Crippen LogP contribution in [0.2, 0.25) is 0 Å². The highest BCUT2D eigenvalue weighted by Gasteiger charge is 2.27. The van der Waals surface area contributed by atoms with Crippen LogP contribution < -0.4 is 5.32 Å². The third-order valence-electron chi connectivity index (χ3n) is 5.75. The van der Waals surface area contributed by atoms with E-state index in [-0.39, 0.29) is 12.0 Å². The lowest BCUT2D eigenvalue weighted by molar-refractivity contribution is -0.139. The molecule has 1 aliphatic heterocycles. The zero-order valence-corrected chi connectivity index (χ0v) is 19.1. The molecule has 4 heterocycles. The molecule has 0 unspecified atom stereocenters. The maximum atomic E-state index is 12.9. The first-order valence-corrected chi connectivity index (χ1v) is 11.0. The number of carbonyl (C=O) groups excluding carboxylic acids is 1. The molecule has 1 aliphatic rings. The van der Waals surface area contributed by atoms with Crippen molar-refractivity contribution >= 4 is 17.4 Å². The van der Waals surface area contributed by atoms with E-state index >= 15 is 0 Å². The van der Waals surface area contributed by atoms with E-state index in [4.69, 9.17) is 4.74 Å². The molecule has 168 valence electrons. The SMILES string of the molecule is Cc1cccc(Nc2cc(C)nc([C@H]3CN(C(=O)CCc4c(C)n[nH]c4C)CCO3)c2)n1. The van der Waals surface area contributed by atoms with Crippen LogP contribution in [-0.4, -0.2) is 50.7 Å². The van der Waals surface area contributed by atoms with Gasteiger partial charge in [-0.15, -0.1) is 0 Å². The summed E-state index contributed by atoms with van der Waals surface area (Å²) in [5.74, 6) is 0.918. The summed E-state index contributed by atoms with van der Waals surface area (Å²) in [6, 6.07) is 9.83. The van der Waals surface area contributed by atoms with Gasteiger partial charge in [-0.1, -0.05) is 6.07 Å². The maximum absolute atomic E-state index is 12.9. The molecule has 32 heavy (non-hydrogen) atoms. The number of hydrogen-bond donors (Lipinski definition) is 2. The van der Waals surface area contributed by atoms with Crippen molar-refractivity contribution < 1.29 is 9.53 Å². The van der Waals surface area contributed by atoms with Crippen molar-refractivity contribution in [3.05, 3.63) is 64.4 Å². The smallest absolute Gasteiger partial charge is 0.223 e. The van der Waals surface area contributed by atoms with Crippen molar-refractivity contribution in [2.45, 2.75) is 46.6 Å². The van der Waals surface area contributed by atoms with E-state index in [2.05, 4.69) is 25.5 Å². The minimum absolute atomic E-state index is 0.133. The largest absolute Gasteiger partial charge is 0.368 e. The Hall–Kier alpha value is -3.26. The van der Waals surface area contributed by atoms with E-state index in [1.54, 1.807) is 0 Å². The van der Waals surface area contributed by atoms with Gasteiger partial charge in [0.05, 0.1) is 24.5 Å². The Kier molecular flexibility index (Phi) is 6.50. The number of nitrogens with one attached hydrogen (secondary N) is 2. The zero-order chi connectivity index (χ0) is 22.7. The summed E-state index contributed by atoms with van der Waals surface area (Å²) in [6.45, 7) is 9.48. The summed E-state index contributed by atoms with van der Waals surface area (Å²) >= 11 is 0. The van der Waals surface area contributed by atoms with Crippen LogP contribution in [0.3, 0.4) is 0 Å². The Morgan fingerprint density at radius 1 is 1.19 bits per heavy atom. The molecule has 0 bridgehead atoms. The number of nitrogens with zero attached hydrogens (tertiary/aromatic N) is 4. The average Bonchev–Trinajstić information content (AvgIpc) is 3.09. The van der Waals surface area contributed by atoms with Crippen molar-refractivity contribution in [3.63, 3.8) is 0 Å². The van der Waals surface area contributed by atoms with Crippen LogP contribution in [0.15, 0.2) is 30.3 Å². The van der Waals surface area contributed by atoms with E-state index < -0.39 is 0 Å². The Balaban J connectivity index is 1.43. The summed E-state index contributed by atoms with van der Waals surface area (Å²) in [7, 11) is 0. The predicted octanol–water partition coefficient (Wildman–Crippen LogP) is 3.71. The van der Waals surface area contributed by atoms with Gasteiger partial charge in [0.15, 0.2) is 0 Å². The van der Waals surface area contributed by atoms with Gasteiger partial charge in [-0.25, -0.2) is 4.98 Å². The summed E-state index contributed by atoms with van der Waals surface area (Å²) < 4.78 is 6.00. The zero-order valence-electron chi connectivity index (χ0n) is 19.1. The number of ether oxygens (including phenoxy) is 1. The Morgan fingerprint density at radius 2 is 2.03 bits per heavy atom. The summed E-state index contributed by atoms with van der Waals surface area (Å²) in [4.78, 5) is 24.0. The number of amides is 1. The first kappa shape index (κ1) is 22.0. The van der Waals surface area contributed by atoms with Crippen molar-refractivity contribution in [1.82, 2.24) is 25.1 Å². The second-order valence-corrected chi connectivity index (χ2v) is 8.32. The minimum Gasteiger partial charge on any atom is -0.368 e. The highest BCUT2D eigenvalue weighted by Crippen LogP contribution is 2.26. The van der Waals surface area contributed by atoms with Gasteiger partial charge in [-0.3, -0.25) is 14.9 Å². The minimum atomic E-state index is -0.254. The standard InChI is InChI=1S/C24H30N6O2/c1-15-6-5-7-23(26-15)27-19-12-16(2)25-21(13-19)22-14-30(10-11-32-22)24(31)9-8-20-17(3)28-29-18(20)4/h5-7,12-13,22H,8-11,14H2,1-4H3,(H,28,29)(H,25,26,27)/t22-/m1/s1. The van der Waals surface area contributed by atoms with E-state index in [1.165, 1.54) is 0 Å². The van der Waals surface area contributed by atoms with Gasteiger partial charge in [-0.05, 0) is 63.9 Å². The predicted molar refractivity (Wildman–Crippen MR) is 123 cm³/mol. The molecule has 4 rings (SSSR count). The van der Waals surface area contributed by atoms with Gasteiger partial charge in [-0.2, -0.15) is 5.10 Å². The van der Waals surface area contributed by atoms with Gasteiger partial charge in [0, 0.05) is 35.7 Å². The first-order chi connectivity index (χ1) is 15.4. The number of aryl methyl sites for hydroxylation is 4. The van der Waals surface area contributed by atoms with Gasteiger partial charge >= 0.3 is 0 Å². The fourth-order valence-electron chi connectivity index (χ4n) is 4.08. The molecule has 1 fully saturated rings. The molecule has 3 aromatic rings. The quantitative estimate of drug-likeness (QED) is 0.614. The lowest BCUT2D eigenvalue weighted by Crippen LogP contribution is -2.42. The molecule has 8 heteroatoms. The number of carbonyl (C=O) groups is 1. The number of aromatic nitrogens is 4. The van der Waals surface area contributed by atoms with Crippen LogP contribution in [0, 0.1) is 27.7 Å². The Labute approximate surface area is 188 Å². The average molecular weight is 435 g/mol. The molecule has 1 atom stereocenters. The molecule has 0 radical (unpaired) electrons. The monoisotopic (exact) mass is 434 g/mol. The molecular weight excluding hydrogens is 404 g/mol. The van der Waals surface area contributed by atoms with E-state index in [9.17, 15) is 4.79 Å². The number of morpholine rings is 1. The highest BCUT2D eigenvalue weighted by atomic mass is 16.5. The molecular formula is C24H30N6O2. The van der Waals surface area contributed by atoms with Crippen LogP contribution in [0.4, 0.5) is 11.5 Å². The van der Waals surface area contributed by atoms with Gasteiger partial charge in [0.25, 0.3) is 0 Å². The van der Waals surface area contributed by atoms with Gasteiger partial charge in [0.1, 0.15) is 11.9 Å². The molecule has 2 N–H and O–H groups in total. The lowest BCUT2D eigenvalue weighted by Gasteiger charge is -2.33. The fraction of sp³-hybridized carbons (Fsp3) is 0.417. The van der Waals surface area contributed by atoms with Crippen molar-refractivity contribution in [2.75, 3.05) is 25.0 Å². The van der Waals surface area contributed by atoms with Crippen molar-refractivity contribution in [2.24, 2.45) is 0 Å². The summed E-state index contributed by atoms with van der Waals surface area (Å²) in [5.41, 5.74) is 6.68. The normalized spacial score (nSPS) is 16.2. The van der Waals surface area contributed by atoms with Crippen LogP contribution in [-0.2, 0) is 16.0 Å². The number of pyridine rings is 2. The van der Waals surface area contributed by atoms with Crippen LogP contribution in [0.25, 0.3) is 0 Å². The van der Waals surface area contributed by atoms with Crippen LogP contribution >= 0.6 is 0 Å². The van der Waals surface area contributed by atoms with E-state index in [0.717, 1.165) is 45.5 Å². The van der Waals surface area contributed by atoms with Gasteiger partial charge in [0.2, 0.25) is 5.91 Å². The number of H-pyrrole nitrogens is 1. The van der Waals surface area contributed by atoms with Crippen LogP contribution in [0.1, 0.15) is 46.6 Å². The molecule has 8 nitrogen and oxygen atoms in total. The van der Waals surface area contributed by atoms with E-state index in [0.29, 0.717) is 32.5 Å². The lowest BCUT2D eigenvalue weighted by atomic mass is 10.1. The summed E-state index contributed by atoms with van der Waals surface area (Å²) in [6.07, 6.45) is 0.895. The highest BCUT2D eigenvalue weighted by molar-refractivity contribution is 5.76. The molecule has 0 aromatic carbocycles. The number of rotatable bonds is 6. The molecule has 1 amide bonds. The van der Waals surface area contributed by atoms with Crippen molar-refractivity contribution in [3.8, 4) is 0 Å². The molecule has 0 aliphatic carbocycles. The third kappa shape index (κ3) is 5.13. The second kappa shape index (κ2) is 9.48. The molecule has 0 saturated carbocycles. The Morgan fingerprint density at radius 3 is 2.78 bits per heavy atom. The maximum Gasteiger partial charge on any atom is 0.223 e. The topological polar surface area (TPSA) is 96.0 Å². The van der Waals surface area contributed by atoms with E-state index in [1.807, 2.05) is 62.9 Å². The van der Waals surface area contributed by atoms with Crippen molar-refractivity contribution in [1.29, 1.82) is 0 Å². The third-order valence-corrected chi connectivity index (χ3v) is 5.75. The Bertz CT molecular complexity index is 1090. The number of aromatic amines is 1.